The third kappa shape index (κ3) is 4.04. The monoisotopic (exact) mass is 292 g/mol. The molecule has 2 rings (SSSR count). The first kappa shape index (κ1) is 16.4. The van der Waals surface area contributed by atoms with Crippen LogP contribution in [0.15, 0.2) is 24.3 Å². The molecule has 0 saturated carbocycles. The predicted octanol–water partition coefficient (Wildman–Crippen LogP) is 3.61. The molecule has 1 aromatic carbocycles. The number of hydrogen-bond acceptors (Lipinski definition) is 2. The Labute approximate surface area is 128 Å². The summed E-state index contributed by atoms with van der Waals surface area (Å²) < 4.78 is 13.3. The zero-order valence-corrected chi connectivity index (χ0v) is 13.7. The molecule has 1 unspecified atom stereocenters. The van der Waals surface area contributed by atoms with Gasteiger partial charge in [0.25, 0.3) is 0 Å². The fourth-order valence-electron chi connectivity index (χ4n) is 3.39. The summed E-state index contributed by atoms with van der Waals surface area (Å²) in [5.74, 6) is -0.128. The lowest BCUT2D eigenvalue weighted by Gasteiger charge is -2.47. The lowest BCUT2D eigenvalue weighted by atomic mass is 9.88. The van der Waals surface area contributed by atoms with Gasteiger partial charge in [-0.1, -0.05) is 32.9 Å². The van der Waals surface area contributed by atoms with Gasteiger partial charge in [0.05, 0.1) is 0 Å². The number of hydrogen-bond donors (Lipinski definition) is 1. The molecule has 1 saturated heterocycles. The highest BCUT2D eigenvalue weighted by Gasteiger charge is 2.35. The van der Waals surface area contributed by atoms with Crippen LogP contribution >= 0.6 is 0 Å². The first-order valence-electron chi connectivity index (χ1n) is 8.36. The molecule has 0 bridgehead atoms. The number of nitrogens with zero attached hydrogens (tertiary/aromatic N) is 1. The molecule has 2 nitrogen and oxygen atoms in total. The highest BCUT2D eigenvalue weighted by Crippen LogP contribution is 2.24. The van der Waals surface area contributed by atoms with Crippen LogP contribution in [0.4, 0.5) is 4.39 Å². The smallest absolute Gasteiger partial charge is 0.123 e. The molecule has 1 fully saturated rings. The SMILES string of the molecule is CCC1CNC(CC)(CC)CN1CCc1cccc(F)c1. The van der Waals surface area contributed by atoms with Crippen LogP contribution < -0.4 is 5.32 Å². The molecule has 1 aliphatic rings. The van der Waals surface area contributed by atoms with Gasteiger partial charge in [0.15, 0.2) is 0 Å². The number of halogens is 1. The summed E-state index contributed by atoms with van der Waals surface area (Å²) >= 11 is 0. The largest absolute Gasteiger partial charge is 0.308 e. The Balaban J connectivity index is 2.01. The van der Waals surface area contributed by atoms with Crippen molar-refractivity contribution in [3.05, 3.63) is 35.6 Å². The number of nitrogens with one attached hydrogen (secondary N) is 1. The molecule has 1 aliphatic heterocycles. The Morgan fingerprint density at radius 1 is 1.29 bits per heavy atom. The fourth-order valence-corrected chi connectivity index (χ4v) is 3.39. The van der Waals surface area contributed by atoms with Crippen molar-refractivity contribution in [3.63, 3.8) is 0 Å². The molecule has 0 spiro atoms. The number of rotatable bonds is 6. The molecule has 3 heteroatoms. The maximum atomic E-state index is 13.3. The predicted molar refractivity (Wildman–Crippen MR) is 87.1 cm³/mol. The van der Waals surface area contributed by atoms with Gasteiger partial charge >= 0.3 is 0 Å². The minimum absolute atomic E-state index is 0.128. The molecule has 118 valence electrons. The van der Waals surface area contributed by atoms with Crippen molar-refractivity contribution in [3.8, 4) is 0 Å². The van der Waals surface area contributed by atoms with E-state index in [1.165, 1.54) is 12.5 Å². The molecule has 1 atom stereocenters. The van der Waals surface area contributed by atoms with Crippen molar-refractivity contribution < 1.29 is 4.39 Å². The van der Waals surface area contributed by atoms with E-state index < -0.39 is 0 Å². The van der Waals surface area contributed by atoms with Crippen LogP contribution in [0.25, 0.3) is 0 Å². The Morgan fingerprint density at radius 3 is 2.67 bits per heavy atom. The standard InChI is InChI=1S/C18H29FN2/c1-4-17-13-20-18(5-2,6-3)14-21(17)11-10-15-8-7-9-16(19)12-15/h7-9,12,17,20H,4-6,10-11,13-14H2,1-3H3. The Kier molecular flexibility index (Phi) is 5.77. The third-order valence-electron chi connectivity index (χ3n) is 5.14. The van der Waals surface area contributed by atoms with Crippen molar-refractivity contribution >= 4 is 0 Å². The first-order chi connectivity index (χ1) is 10.1. The first-order valence-corrected chi connectivity index (χ1v) is 8.36. The highest BCUT2D eigenvalue weighted by atomic mass is 19.1. The van der Waals surface area contributed by atoms with E-state index in [1.807, 2.05) is 12.1 Å². The quantitative estimate of drug-likeness (QED) is 0.861. The lowest BCUT2D eigenvalue weighted by Crippen LogP contribution is -2.63. The van der Waals surface area contributed by atoms with Gasteiger partial charge in [0.2, 0.25) is 0 Å². The van der Waals surface area contributed by atoms with Crippen LogP contribution in [-0.4, -0.2) is 36.1 Å². The topological polar surface area (TPSA) is 15.3 Å². The van der Waals surface area contributed by atoms with E-state index in [9.17, 15) is 4.39 Å². The van der Waals surface area contributed by atoms with Gasteiger partial charge in [0.1, 0.15) is 5.82 Å². The van der Waals surface area contributed by atoms with Crippen molar-refractivity contribution in [1.29, 1.82) is 0 Å². The summed E-state index contributed by atoms with van der Waals surface area (Å²) in [6, 6.07) is 7.62. The van der Waals surface area contributed by atoms with E-state index in [4.69, 9.17) is 0 Å². The van der Waals surface area contributed by atoms with Gasteiger partial charge in [-0.2, -0.15) is 0 Å². The van der Waals surface area contributed by atoms with Crippen LogP contribution in [-0.2, 0) is 6.42 Å². The summed E-state index contributed by atoms with van der Waals surface area (Å²) in [5, 5.41) is 3.77. The molecule has 1 N–H and O–H groups in total. The Bertz CT molecular complexity index is 443. The average molecular weight is 292 g/mol. The van der Waals surface area contributed by atoms with Crippen LogP contribution in [0.1, 0.15) is 45.6 Å². The van der Waals surface area contributed by atoms with Crippen molar-refractivity contribution in [1.82, 2.24) is 10.2 Å². The normalized spacial score (nSPS) is 22.4. The lowest BCUT2D eigenvalue weighted by molar-refractivity contribution is 0.0716. The van der Waals surface area contributed by atoms with Gasteiger partial charge < -0.3 is 5.32 Å². The van der Waals surface area contributed by atoms with E-state index in [1.54, 1.807) is 6.07 Å². The van der Waals surface area contributed by atoms with E-state index >= 15 is 0 Å². The molecular weight excluding hydrogens is 263 g/mol. The van der Waals surface area contributed by atoms with Crippen molar-refractivity contribution in [2.45, 2.75) is 58.0 Å². The van der Waals surface area contributed by atoms with Crippen LogP contribution in [0.5, 0.6) is 0 Å². The Morgan fingerprint density at radius 2 is 2.05 bits per heavy atom. The van der Waals surface area contributed by atoms with Crippen molar-refractivity contribution in [2.75, 3.05) is 19.6 Å². The summed E-state index contributed by atoms with van der Waals surface area (Å²) in [5.41, 5.74) is 1.36. The van der Waals surface area contributed by atoms with Gasteiger partial charge in [0, 0.05) is 31.2 Å². The fraction of sp³-hybridized carbons (Fsp3) is 0.667. The minimum atomic E-state index is -0.128. The van der Waals surface area contributed by atoms with Gasteiger partial charge in [-0.05, 0) is 43.4 Å². The molecule has 0 radical (unpaired) electrons. The van der Waals surface area contributed by atoms with E-state index in [0.717, 1.165) is 44.5 Å². The molecule has 21 heavy (non-hydrogen) atoms. The van der Waals surface area contributed by atoms with E-state index in [-0.39, 0.29) is 11.4 Å². The summed E-state index contributed by atoms with van der Waals surface area (Å²) in [6.45, 7) is 9.99. The van der Waals surface area contributed by atoms with Crippen LogP contribution in [0, 0.1) is 5.82 Å². The second-order valence-corrected chi connectivity index (χ2v) is 6.28. The van der Waals surface area contributed by atoms with Crippen molar-refractivity contribution in [2.24, 2.45) is 0 Å². The van der Waals surface area contributed by atoms with Gasteiger partial charge in [-0.25, -0.2) is 4.39 Å². The maximum absolute atomic E-state index is 13.3. The third-order valence-corrected chi connectivity index (χ3v) is 5.14. The number of benzene rings is 1. The molecule has 1 aromatic rings. The minimum Gasteiger partial charge on any atom is -0.308 e. The van der Waals surface area contributed by atoms with Gasteiger partial charge in [-0.15, -0.1) is 0 Å². The second kappa shape index (κ2) is 7.37. The zero-order valence-electron chi connectivity index (χ0n) is 13.7. The molecular formula is C18H29FN2. The van der Waals surface area contributed by atoms with Gasteiger partial charge in [-0.3, -0.25) is 4.90 Å². The molecule has 0 aromatic heterocycles. The van der Waals surface area contributed by atoms with Crippen LogP contribution in [0.3, 0.4) is 0 Å². The van der Waals surface area contributed by atoms with E-state index in [2.05, 4.69) is 31.0 Å². The molecule has 0 aliphatic carbocycles. The summed E-state index contributed by atoms with van der Waals surface area (Å²) in [6.07, 6.45) is 4.42. The second-order valence-electron chi connectivity index (χ2n) is 6.28. The zero-order chi connectivity index (χ0) is 15.3. The summed E-state index contributed by atoms with van der Waals surface area (Å²) in [4.78, 5) is 2.61. The highest BCUT2D eigenvalue weighted by molar-refractivity contribution is 5.16. The van der Waals surface area contributed by atoms with Crippen LogP contribution in [0.2, 0.25) is 0 Å². The molecule has 0 amide bonds. The molecule has 1 heterocycles. The number of piperazine rings is 1. The summed E-state index contributed by atoms with van der Waals surface area (Å²) in [7, 11) is 0. The van der Waals surface area contributed by atoms with E-state index in [0.29, 0.717) is 6.04 Å². The Hall–Kier alpha value is -0.930. The average Bonchev–Trinajstić information content (AvgIpc) is 2.52. The maximum Gasteiger partial charge on any atom is 0.123 e.